The second kappa shape index (κ2) is 12.0. The zero-order valence-corrected chi connectivity index (χ0v) is 22.1. The van der Waals surface area contributed by atoms with Crippen molar-refractivity contribution in [2.24, 2.45) is 0 Å². The Labute approximate surface area is 231 Å². The molecule has 7 nitrogen and oxygen atoms in total. The van der Waals surface area contributed by atoms with Gasteiger partial charge in [0.05, 0.1) is 10.7 Å². The summed E-state index contributed by atoms with van der Waals surface area (Å²) in [6.07, 6.45) is 0. The third kappa shape index (κ3) is 6.76. The molecule has 0 unspecified atom stereocenters. The summed E-state index contributed by atoms with van der Waals surface area (Å²) >= 11 is 18.7. The number of hydrogen-bond donors (Lipinski definition) is 3. The number of thiocarbonyl (C=S) groups is 1. The second-order valence-corrected chi connectivity index (χ2v) is 9.81. The number of hydrogen-bond acceptors (Lipinski definition) is 6. The van der Waals surface area contributed by atoms with Crippen molar-refractivity contribution >= 4 is 63.9 Å². The van der Waals surface area contributed by atoms with Crippen molar-refractivity contribution in [2.45, 2.75) is 10.9 Å². The second-order valence-electron chi connectivity index (χ2n) is 7.59. The molecule has 1 heterocycles. The van der Waals surface area contributed by atoms with Gasteiger partial charge in [-0.3, -0.25) is 14.9 Å². The number of halogens is 2. The van der Waals surface area contributed by atoms with Crippen LogP contribution < -0.4 is 16.2 Å². The molecule has 0 saturated heterocycles. The lowest BCUT2D eigenvalue weighted by molar-refractivity contribution is 0.0977. The van der Waals surface area contributed by atoms with Crippen molar-refractivity contribution in [1.82, 2.24) is 15.3 Å². The molecule has 184 valence electrons. The van der Waals surface area contributed by atoms with Crippen LogP contribution in [0.1, 0.15) is 21.5 Å². The van der Waals surface area contributed by atoms with Crippen molar-refractivity contribution in [3.8, 4) is 17.3 Å². The highest BCUT2D eigenvalue weighted by Crippen LogP contribution is 2.31. The van der Waals surface area contributed by atoms with Gasteiger partial charge in [-0.25, -0.2) is 4.98 Å². The minimum absolute atomic E-state index is 0.136. The fraction of sp³-hybridized carbons (Fsp3) is 0.0385. The number of nitriles is 1. The third-order valence-corrected chi connectivity index (χ3v) is 6.74. The predicted octanol–water partition coefficient (Wildman–Crippen LogP) is 6.03. The summed E-state index contributed by atoms with van der Waals surface area (Å²) in [5.74, 6) is 0.119. The van der Waals surface area contributed by atoms with Crippen LogP contribution in [-0.2, 0) is 5.75 Å². The molecule has 0 saturated carbocycles. The summed E-state index contributed by atoms with van der Waals surface area (Å²) in [6, 6.07) is 22.9. The number of nitrogens with zero attached hydrogens (tertiary/aromatic N) is 2. The Bertz CT molecular complexity index is 1570. The van der Waals surface area contributed by atoms with E-state index in [1.807, 2.05) is 36.4 Å². The Hall–Kier alpha value is -3.68. The molecule has 0 spiro atoms. The minimum Gasteiger partial charge on any atom is -0.332 e. The molecule has 1 aromatic heterocycles. The Kier molecular flexibility index (Phi) is 8.58. The van der Waals surface area contributed by atoms with Gasteiger partial charge in [-0.05, 0) is 60.2 Å². The zero-order valence-electron chi connectivity index (χ0n) is 18.9. The number of carbonyl (C=O) groups excluding carboxylic acids is 1. The van der Waals surface area contributed by atoms with Crippen LogP contribution in [0.15, 0.2) is 82.7 Å². The lowest BCUT2D eigenvalue weighted by Crippen LogP contribution is -2.34. The van der Waals surface area contributed by atoms with Crippen LogP contribution in [0.4, 0.5) is 5.69 Å². The number of aromatic amines is 1. The molecule has 0 bridgehead atoms. The number of anilines is 1. The SMILES string of the molecule is N#Cc1c(-c2ccc(Cl)cc2Cl)nc(SCc2ccc(C(=O)NC(=S)Nc3ccccc3)cc2)[nH]c1=O. The van der Waals surface area contributed by atoms with Gasteiger partial charge in [0.25, 0.3) is 11.5 Å². The van der Waals surface area contributed by atoms with Gasteiger partial charge in [-0.2, -0.15) is 5.26 Å². The van der Waals surface area contributed by atoms with E-state index in [0.717, 1.165) is 11.3 Å². The first-order valence-electron chi connectivity index (χ1n) is 10.7. The van der Waals surface area contributed by atoms with Crippen LogP contribution in [0.25, 0.3) is 11.3 Å². The first-order valence-corrected chi connectivity index (χ1v) is 12.9. The molecule has 3 N–H and O–H groups in total. The number of aromatic nitrogens is 2. The van der Waals surface area contributed by atoms with Crippen molar-refractivity contribution in [1.29, 1.82) is 5.26 Å². The Morgan fingerprint density at radius 3 is 2.49 bits per heavy atom. The number of carbonyl (C=O) groups is 1. The van der Waals surface area contributed by atoms with E-state index < -0.39 is 5.56 Å². The van der Waals surface area contributed by atoms with Crippen molar-refractivity contribution in [2.75, 3.05) is 5.32 Å². The Morgan fingerprint density at radius 2 is 1.81 bits per heavy atom. The fourth-order valence-corrected chi connectivity index (χ4v) is 4.79. The highest BCUT2D eigenvalue weighted by Gasteiger charge is 2.16. The standard InChI is InChI=1S/C26H17Cl2N5O2S2/c27-17-10-11-19(21(28)12-17)22-20(13-29)24(35)33-26(31-22)37-14-15-6-8-16(9-7-15)23(34)32-25(36)30-18-4-2-1-3-5-18/h1-12H,14H2,(H,31,33,35)(H2,30,32,34,36). The summed E-state index contributed by atoms with van der Waals surface area (Å²) in [5, 5.41) is 16.3. The van der Waals surface area contributed by atoms with Crippen molar-refractivity contribution in [3.05, 3.63) is 110 Å². The quantitative estimate of drug-likeness (QED) is 0.148. The van der Waals surface area contributed by atoms with E-state index >= 15 is 0 Å². The van der Waals surface area contributed by atoms with Gasteiger partial charge in [-0.1, -0.05) is 65.3 Å². The van der Waals surface area contributed by atoms with Crippen molar-refractivity contribution in [3.63, 3.8) is 0 Å². The normalized spacial score (nSPS) is 10.4. The monoisotopic (exact) mass is 565 g/mol. The average molecular weight is 566 g/mol. The zero-order chi connectivity index (χ0) is 26.4. The summed E-state index contributed by atoms with van der Waals surface area (Å²) in [4.78, 5) is 32.1. The molecular weight excluding hydrogens is 549 g/mol. The van der Waals surface area contributed by atoms with Gasteiger partial charge >= 0.3 is 0 Å². The summed E-state index contributed by atoms with van der Waals surface area (Å²) in [7, 11) is 0. The molecule has 3 aromatic carbocycles. The number of para-hydroxylation sites is 1. The third-order valence-electron chi connectivity index (χ3n) is 5.05. The molecule has 4 aromatic rings. The van der Waals surface area contributed by atoms with Crippen molar-refractivity contribution < 1.29 is 4.79 Å². The highest BCUT2D eigenvalue weighted by atomic mass is 35.5. The molecule has 0 radical (unpaired) electrons. The summed E-state index contributed by atoms with van der Waals surface area (Å²) in [6.45, 7) is 0. The number of rotatable bonds is 6. The maximum atomic E-state index is 12.5. The van der Waals surface area contributed by atoms with E-state index in [1.54, 1.807) is 36.4 Å². The van der Waals surface area contributed by atoms with E-state index in [1.165, 1.54) is 17.8 Å². The predicted molar refractivity (Wildman–Crippen MR) is 151 cm³/mol. The largest absolute Gasteiger partial charge is 0.332 e. The first kappa shape index (κ1) is 26.4. The van der Waals surface area contributed by atoms with E-state index in [2.05, 4.69) is 20.6 Å². The lowest BCUT2D eigenvalue weighted by Gasteiger charge is -2.10. The topological polar surface area (TPSA) is 111 Å². The molecule has 4 rings (SSSR count). The van der Waals surface area contributed by atoms with Gasteiger partial charge in [0.15, 0.2) is 10.3 Å². The van der Waals surface area contributed by atoms with Gasteiger partial charge < -0.3 is 10.3 Å². The lowest BCUT2D eigenvalue weighted by atomic mass is 10.1. The van der Waals surface area contributed by atoms with Crippen LogP contribution in [0.3, 0.4) is 0 Å². The number of benzene rings is 3. The molecular formula is C26H17Cl2N5O2S2. The van der Waals surface area contributed by atoms with Crippen LogP contribution >= 0.6 is 47.2 Å². The average Bonchev–Trinajstić information content (AvgIpc) is 2.88. The smallest absolute Gasteiger partial charge is 0.270 e. The van der Waals surface area contributed by atoms with Gasteiger partial charge in [0, 0.05) is 27.6 Å². The van der Waals surface area contributed by atoms with Crippen LogP contribution in [0.5, 0.6) is 0 Å². The van der Waals surface area contributed by atoms with E-state index in [0.29, 0.717) is 27.1 Å². The fourth-order valence-electron chi connectivity index (χ4n) is 3.26. The van der Waals surface area contributed by atoms with E-state index in [9.17, 15) is 14.9 Å². The van der Waals surface area contributed by atoms with Crippen LogP contribution in [-0.4, -0.2) is 21.0 Å². The molecule has 0 aliphatic heterocycles. The van der Waals surface area contributed by atoms with Gasteiger partial charge in [-0.15, -0.1) is 0 Å². The highest BCUT2D eigenvalue weighted by molar-refractivity contribution is 7.98. The Morgan fingerprint density at radius 1 is 1.08 bits per heavy atom. The van der Waals surface area contributed by atoms with Crippen LogP contribution in [0, 0.1) is 11.3 Å². The Balaban J connectivity index is 1.43. The molecule has 0 fully saturated rings. The van der Waals surface area contributed by atoms with Gasteiger partial charge in [0.1, 0.15) is 11.6 Å². The summed E-state index contributed by atoms with van der Waals surface area (Å²) < 4.78 is 0. The maximum Gasteiger partial charge on any atom is 0.270 e. The number of amides is 1. The molecule has 0 aliphatic carbocycles. The van der Waals surface area contributed by atoms with Crippen LogP contribution in [0.2, 0.25) is 10.0 Å². The number of nitrogens with one attached hydrogen (secondary N) is 3. The maximum absolute atomic E-state index is 12.5. The molecule has 1 amide bonds. The van der Waals surface area contributed by atoms with E-state index in [-0.39, 0.29) is 27.3 Å². The molecule has 11 heteroatoms. The van der Waals surface area contributed by atoms with E-state index in [4.69, 9.17) is 35.4 Å². The molecule has 0 atom stereocenters. The minimum atomic E-state index is -0.562. The number of H-pyrrole nitrogens is 1. The first-order chi connectivity index (χ1) is 17.8. The number of thioether (sulfide) groups is 1. The van der Waals surface area contributed by atoms with Gasteiger partial charge in [0.2, 0.25) is 0 Å². The molecule has 0 aliphatic rings. The molecule has 37 heavy (non-hydrogen) atoms. The summed E-state index contributed by atoms with van der Waals surface area (Å²) in [5.41, 5.74) is 2.03.